The molecule has 0 unspecified atom stereocenters. The minimum atomic E-state index is -0.729. The van der Waals surface area contributed by atoms with Crippen molar-refractivity contribution < 1.29 is 14.7 Å². The lowest BCUT2D eigenvalue weighted by molar-refractivity contribution is -0.145. The Morgan fingerprint density at radius 3 is 2.57 bits per heavy atom. The quantitative estimate of drug-likeness (QED) is 0.910. The number of hydrogen-bond acceptors (Lipinski definition) is 2. The van der Waals surface area contributed by atoms with Gasteiger partial charge in [-0.3, -0.25) is 9.59 Å². The number of rotatable bonds is 2. The SMILES string of the molecule is CN1C(=O)CCc2cc(C3(C(=O)O)CCCCC3)ccc21. The Hall–Kier alpha value is -1.84. The van der Waals surface area contributed by atoms with Crippen molar-refractivity contribution in [3.05, 3.63) is 29.3 Å². The van der Waals surface area contributed by atoms with Crippen LogP contribution < -0.4 is 4.90 Å². The number of carboxylic acid groups (broad SMARTS) is 1. The van der Waals surface area contributed by atoms with E-state index in [-0.39, 0.29) is 5.91 Å². The van der Waals surface area contributed by atoms with Crippen LogP contribution in [0.2, 0.25) is 0 Å². The number of carbonyl (C=O) groups is 2. The van der Waals surface area contributed by atoms with Crippen LogP contribution >= 0.6 is 0 Å². The molecule has 1 fully saturated rings. The van der Waals surface area contributed by atoms with Gasteiger partial charge < -0.3 is 10.0 Å². The molecule has 0 aromatic heterocycles. The summed E-state index contributed by atoms with van der Waals surface area (Å²) in [7, 11) is 1.79. The molecule has 1 N–H and O–H groups in total. The molecule has 1 amide bonds. The third kappa shape index (κ3) is 2.23. The number of carboxylic acids is 1. The van der Waals surface area contributed by atoms with Crippen molar-refractivity contribution in [2.45, 2.75) is 50.4 Å². The first-order valence-electron chi connectivity index (χ1n) is 7.68. The normalized spacial score (nSPS) is 21.0. The number of hydrogen-bond donors (Lipinski definition) is 1. The molecule has 0 saturated heterocycles. The Morgan fingerprint density at radius 2 is 1.90 bits per heavy atom. The lowest BCUT2D eigenvalue weighted by Crippen LogP contribution is -2.38. The predicted molar refractivity (Wildman–Crippen MR) is 80.6 cm³/mol. The maximum Gasteiger partial charge on any atom is 0.314 e. The number of aliphatic carboxylic acids is 1. The summed E-state index contributed by atoms with van der Waals surface area (Å²) in [6.07, 6.45) is 5.72. The second-order valence-electron chi connectivity index (χ2n) is 6.24. The zero-order valence-electron chi connectivity index (χ0n) is 12.4. The summed E-state index contributed by atoms with van der Waals surface area (Å²) in [5.74, 6) is -0.580. The largest absolute Gasteiger partial charge is 0.481 e. The molecular weight excluding hydrogens is 266 g/mol. The van der Waals surface area contributed by atoms with E-state index in [4.69, 9.17) is 0 Å². The van der Waals surface area contributed by atoms with Crippen molar-refractivity contribution in [3.63, 3.8) is 0 Å². The molecule has 4 nitrogen and oxygen atoms in total. The van der Waals surface area contributed by atoms with Gasteiger partial charge in [0.25, 0.3) is 0 Å². The highest BCUT2D eigenvalue weighted by molar-refractivity contribution is 5.96. The first kappa shape index (κ1) is 14.1. The molecule has 1 aliphatic heterocycles. The number of benzene rings is 1. The van der Waals surface area contributed by atoms with Gasteiger partial charge in [0.15, 0.2) is 0 Å². The molecule has 1 aromatic carbocycles. The van der Waals surface area contributed by atoms with Crippen LogP contribution in [-0.4, -0.2) is 24.0 Å². The molecule has 112 valence electrons. The molecule has 2 aliphatic rings. The van der Waals surface area contributed by atoms with Crippen molar-refractivity contribution >= 4 is 17.6 Å². The lowest BCUT2D eigenvalue weighted by atomic mass is 9.69. The van der Waals surface area contributed by atoms with E-state index in [1.54, 1.807) is 11.9 Å². The molecule has 4 heteroatoms. The topological polar surface area (TPSA) is 57.6 Å². The van der Waals surface area contributed by atoms with Crippen molar-refractivity contribution in [2.75, 3.05) is 11.9 Å². The molecule has 0 spiro atoms. The maximum absolute atomic E-state index is 11.9. The van der Waals surface area contributed by atoms with Gasteiger partial charge in [-0.15, -0.1) is 0 Å². The van der Waals surface area contributed by atoms with Gasteiger partial charge in [0.2, 0.25) is 5.91 Å². The Balaban J connectivity index is 2.03. The average Bonchev–Trinajstić information content (AvgIpc) is 2.51. The van der Waals surface area contributed by atoms with E-state index >= 15 is 0 Å². The first-order chi connectivity index (χ1) is 10.0. The zero-order chi connectivity index (χ0) is 15.0. The number of amides is 1. The Bertz CT molecular complexity index is 588. The zero-order valence-corrected chi connectivity index (χ0v) is 12.4. The average molecular weight is 287 g/mol. The summed E-state index contributed by atoms with van der Waals surface area (Å²) in [5, 5.41) is 9.78. The molecule has 21 heavy (non-hydrogen) atoms. The van der Waals surface area contributed by atoms with E-state index in [2.05, 4.69) is 0 Å². The van der Waals surface area contributed by atoms with E-state index < -0.39 is 11.4 Å². The highest BCUT2D eigenvalue weighted by Gasteiger charge is 2.41. The van der Waals surface area contributed by atoms with Crippen LogP contribution in [0.1, 0.15) is 49.7 Å². The summed E-state index contributed by atoms with van der Waals surface area (Å²) >= 11 is 0. The molecule has 1 saturated carbocycles. The second kappa shape index (κ2) is 5.17. The molecule has 3 rings (SSSR count). The maximum atomic E-state index is 11.9. The van der Waals surface area contributed by atoms with E-state index in [9.17, 15) is 14.7 Å². The van der Waals surface area contributed by atoms with Gasteiger partial charge in [0, 0.05) is 19.2 Å². The summed E-state index contributed by atoms with van der Waals surface area (Å²) in [6, 6.07) is 5.85. The van der Waals surface area contributed by atoms with Crippen molar-refractivity contribution in [2.24, 2.45) is 0 Å². The lowest BCUT2D eigenvalue weighted by Gasteiger charge is -2.35. The molecule has 1 heterocycles. The van der Waals surface area contributed by atoms with Gasteiger partial charge in [0.1, 0.15) is 0 Å². The third-order valence-electron chi connectivity index (χ3n) is 5.09. The number of fused-ring (bicyclic) bond motifs is 1. The van der Waals surface area contributed by atoms with Crippen LogP contribution in [-0.2, 0) is 21.4 Å². The van der Waals surface area contributed by atoms with E-state index in [1.807, 2.05) is 18.2 Å². The van der Waals surface area contributed by atoms with Gasteiger partial charge >= 0.3 is 5.97 Å². The van der Waals surface area contributed by atoms with Gasteiger partial charge in [-0.25, -0.2) is 0 Å². The third-order valence-corrected chi connectivity index (χ3v) is 5.09. The van der Waals surface area contributed by atoms with E-state index in [1.165, 1.54) is 0 Å². The standard InChI is InChI=1S/C17H21NO3/c1-18-14-7-6-13(11-12(14)5-8-15(18)19)17(16(20)21)9-3-2-4-10-17/h6-7,11H,2-5,8-10H2,1H3,(H,20,21). The van der Waals surface area contributed by atoms with Gasteiger partial charge in [0.05, 0.1) is 5.41 Å². The minimum Gasteiger partial charge on any atom is -0.481 e. The Labute approximate surface area is 124 Å². The smallest absolute Gasteiger partial charge is 0.314 e. The molecular formula is C17H21NO3. The fraction of sp³-hybridized carbons (Fsp3) is 0.529. The molecule has 0 atom stereocenters. The summed E-state index contributed by atoms with van der Waals surface area (Å²) in [4.78, 5) is 25.3. The van der Waals surface area contributed by atoms with Crippen molar-refractivity contribution in [1.82, 2.24) is 0 Å². The molecule has 0 radical (unpaired) electrons. The number of anilines is 1. The summed E-state index contributed by atoms with van der Waals surface area (Å²) < 4.78 is 0. The highest BCUT2D eigenvalue weighted by Crippen LogP contribution is 2.41. The van der Waals surface area contributed by atoms with Crippen LogP contribution in [0.3, 0.4) is 0 Å². The van der Waals surface area contributed by atoms with Gasteiger partial charge in [-0.2, -0.15) is 0 Å². The molecule has 1 aliphatic carbocycles. The molecule has 1 aromatic rings. The fourth-order valence-electron chi connectivity index (χ4n) is 3.74. The Morgan fingerprint density at radius 1 is 1.19 bits per heavy atom. The van der Waals surface area contributed by atoms with Gasteiger partial charge in [-0.1, -0.05) is 31.4 Å². The minimum absolute atomic E-state index is 0.126. The molecule has 0 bridgehead atoms. The number of aryl methyl sites for hydroxylation is 1. The summed E-state index contributed by atoms with van der Waals surface area (Å²) in [6.45, 7) is 0. The van der Waals surface area contributed by atoms with Crippen LogP contribution in [0.25, 0.3) is 0 Å². The fourth-order valence-corrected chi connectivity index (χ4v) is 3.74. The first-order valence-corrected chi connectivity index (χ1v) is 7.68. The van der Waals surface area contributed by atoms with Gasteiger partial charge in [-0.05, 0) is 36.5 Å². The second-order valence-corrected chi connectivity index (χ2v) is 6.24. The Kier molecular flexibility index (Phi) is 3.47. The highest BCUT2D eigenvalue weighted by atomic mass is 16.4. The van der Waals surface area contributed by atoms with Crippen LogP contribution in [0.15, 0.2) is 18.2 Å². The van der Waals surface area contributed by atoms with E-state index in [0.29, 0.717) is 12.8 Å². The monoisotopic (exact) mass is 287 g/mol. The predicted octanol–water partition coefficient (Wildman–Crippen LogP) is 2.88. The number of carbonyl (C=O) groups excluding carboxylic acids is 1. The summed E-state index contributed by atoms with van der Waals surface area (Å²) in [5.41, 5.74) is 2.20. The van der Waals surface area contributed by atoms with Crippen molar-refractivity contribution in [3.8, 4) is 0 Å². The van der Waals surface area contributed by atoms with E-state index in [0.717, 1.165) is 48.9 Å². The van der Waals surface area contributed by atoms with Crippen LogP contribution in [0.5, 0.6) is 0 Å². The van der Waals surface area contributed by atoms with Crippen LogP contribution in [0.4, 0.5) is 5.69 Å². The van der Waals surface area contributed by atoms with Crippen LogP contribution in [0, 0.1) is 0 Å². The van der Waals surface area contributed by atoms with Crippen molar-refractivity contribution in [1.29, 1.82) is 0 Å². The number of nitrogens with zero attached hydrogens (tertiary/aromatic N) is 1.